The standard InChI is InChI=1S/C29H37N2O4/c1-22-14-16-23(17-15-22)21-34-27(32)20-31(2,3)19-26-18-30-28(35-26)29(33,24-10-6-4-7-11-24)25-12-8-5-9-13-25/h4,6-7,10-11,14-18,25,33H,5,8-9,12-13,19-21H2,1-3H3/q+1. The number of rotatable bonds is 9. The predicted molar refractivity (Wildman–Crippen MR) is 134 cm³/mol. The molecule has 4 rings (SSSR count). The summed E-state index contributed by atoms with van der Waals surface area (Å²) in [6.45, 7) is 2.95. The Labute approximate surface area is 208 Å². The van der Waals surface area contributed by atoms with Gasteiger partial charge in [0.1, 0.15) is 13.2 Å². The largest absolute Gasteiger partial charge is 0.457 e. The van der Waals surface area contributed by atoms with Crippen LogP contribution in [0.4, 0.5) is 0 Å². The number of aliphatic hydroxyl groups is 1. The number of hydrogen-bond donors (Lipinski definition) is 1. The molecule has 1 aromatic heterocycles. The molecule has 2 aromatic carbocycles. The summed E-state index contributed by atoms with van der Waals surface area (Å²) in [5.74, 6) is 0.775. The fraction of sp³-hybridized carbons (Fsp3) is 0.448. The lowest BCUT2D eigenvalue weighted by molar-refractivity contribution is -0.897. The second kappa shape index (κ2) is 10.8. The summed E-state index contributed by atoms with van der Waals surface area (Å²) in [6, 6.07) is 17.7. The number of nitrogens with zero attached hydrogens (tertiary/aromatic N) is 2. The molecular weight excluding hydrogens is 440 g/mol. The van der Waals surface area contributed by atoms with Crippen LogP contribution in [0.25, 0.3) is 0 Å². The fourth-order valence-corrected chi connectivity index (χ4v) is 5.02. The topological polar surface area (TPSA) is 72.6 Å². The van der Waals surface area contributed by atoms with E-state index in [2.05, 4.69) is 4.98 Å². The van der Waals surface area contributed by atoms with E-state index < -0.39 is 5.60 Å². The smallest absolute Gasteiger partial charge is 0.362 e. The number of likely N-dealkylation sites (N-methyl/N-ethyl adjacent to an activating group) is 1. The number of carbonyl (C=O) groups is 1. The lowest BCUT2D eigenvalue weighted by Crippen LogP contribution is -2.43. The molecule has 1 heterocycles. The lowest BCUT2D eigenvalue weighted by Gasteiger charge is -2.36. The molecule has 1 aliphatic carbocycles. The molecule has 6 heteroatoms. The Bertz CT molecular complexity index is 1100. The van der Waals surface area contributed by atoms with Crippen molar-refractivity contribution >= 4 is 5.97 Å². The molecule has 1 atom stereocenters. The van der Waals surface area contributed by atoms with Gasteiger partial charge in [0.25, 0.3) is 0 Å². The third-order valence-corrected chi connectivity index (χ3v) is 6.95. The number of esters is 1. The highest BCUT2D eigenvalue weighted by molar-refractivity contribution is 5.70. The van der Waals surface area contributed by atoms with E-state index in [-0.39, 0.29) is 25.0 Å². The Morgan fingerprint density at radius 1 is 1.09 bits per heavy atom. The first-order valence-electron chi connectivity index (χ1n) is 12.5. The Morgan fingerprint density at radius 3 is 2.46 bits per heavy atom. The van der Waals surface area contributed by atoms with Crippen molar-refractivity contribution in [3.8, 4) is 0 Å². The SMILES string of the molecule is Cc1ccc(COC(=O)C[N+](C)(C)Cc2cnc(C(O)(c3ccccc3)C3CCCCC3)o2)cc1. The number of aromatic nitrogens is 1. The van der Waals surface area contributed by atoms with Crippen LogP contribution in [0.5, 0.6) is 0 Å². The number of aryl methyl sites for hydroxylation is 1. The van der Waals surface area contributed by atoms with Crippen LogP contribution < -0.4 is 0 Å². The zero-order valence-corrected chi connectivity index (χ0v) is 21.1. The molecule has 0 radical (unpaired) electrons. The second-order valence-corrected chi connectivity index (χ2v) is 10.5. The van der Waals surface area contributed by atoms with Gasteiger partial charge in [0, 0.05) is 5.92 Å². The Kier molecular flexibility index (Phi) is 7.72. The highest BCUT2D eigenvalue weighted by atomic mass is 16.5. The molecule has 0 spiro atoms. The Balaban J connectivity index is 1.44. The van der Waals surface area contributed by atoms with Crippen LogP contribution in [0.15, 0.2) is 65.2 Å². The quantitative estimate of drug-likeness (QED) is 0.342. The van der Waals surface area contributed by atoms with Crippen molar-refractivity contribution in [2.24, 2.45) is 5.92 Å². The van der Waals surface area contributed by atoms with E-state index in [0.29, 0.717) is 22.7 Å². The zero-order chi connectivity index (χ0) is 24.9. The molecule has 186 valence electrons. The van der Waals surface area contributed by atoms with Crippen LogP contribution in [0.2, 0.25) is 0 Å². The number of hydrogen-bond acceptors (Lipinski definition) is 5. The van der Waals surface area contributed by atoms with E-state index in [9.17, 15) is 9.90 Å². The molecule has 3 aromatic rings. The van der Waals surface area contributed by atoms with Gasteiger partial charge >= 0.3 is 5.97 Å². The lowest BCUT2D eigenvalue weighted by atomic mass is 9.73. The van der Waals surface area contributed by atoms with Gasteiger partial charge in [-0.15, -0.1) is 0 Å². The number of oxazole rings is 1. The maximum Gasteiger partial charge on any atom is 0.362 e. The van der Waals surface area contributed by atoms with Crippen LogP contribution in [0.1, 0.15) is 60.4 Å². The van der Waals surface area contributed by atoms with Crippen molar-refractivity contribution in [2.75, 3.05) is 20.6 Å². The zero-order valence-electron chi connectivity index (χ0n) is 21.1. The van der Waals surface area contributed by atoms with Crippen molar-refractivity contribution in [3.05, 3.63) is 89.1 Å². The highest BCUT2D eigenvalue weighted by Gasteiger charge is 2.45. The highest BCUT2D eigenvalue weighted by Crippen LogP contribution is 2.43. The molecule has 0 saturated heterocycles. The molecule has 1 saturated carbocycles. The van der Waals surface area contributed by atoms with Gasteiger partial charge in [0.15, 0.2) is 17.9 Å². The molecule has 6 nitrogen and oxygen atoms in total. The summed E-state index contributed by atoms with van der Waals surface area (Å²) in [5.41, 5.74) is 1.70. The van der Waals surface area contributed by atoms with Crippen LogP contribution in [-0.2, 0) is 28.3 Å². The molecule has 1 fully saturated rings. The summed E-state index contributed by atoms with van der Waals surface area (Å²) >= 11 is 0. The second-order valence-electron chi connectivity index (χ2n) is 10.5. The van der Waals surface area contributed by atoms with Gasteiger partial charge in [-0.3, -0.25) is 0 Å². The molecule has 0 bridgehead atoms. The number of benzene rings is 2. The molecule has 1 N–H and O–H groups in total. The van der Waals surface area contributed by atoms with Crippen LogP contribution in [-0.4, -0.2) is 41.2 Å². The van der Waals surface area contributed by atoms with E-state index in [1.807, 2.05) is 75.6 Å². The third-order valence-electron chi connectivity index (χ3n) is 6.95. The molecular formula is C29H37N2O4+. The van der Waals surface area contributed by atoms with Crippen molar-refractivity contribution in [3.63, 3.8) is 0 Å². The summed E-state index contributed by atoms with van der Waals surface area (Å²) in [7, 11) is 3.92. The maximum absolute atomic E-state index is 12.5. The van der Waals surface area contributed by atoms with E-state index in [1.54, 1.807) is 6.20 Å². The number of carbonyl (C=O) groups excluding carboxylic acids is 1. The van der Waals surface area contributed by atoms with Gasteiger partial charge in [-0.25, -0.2) is 9.78 Å². The van der Waals surface area contributed by atoms with Gasteiger partial charge in [-0.05, 0) is 30.9 Å². The first-order valence-corrected chi connectivity index (χ1v) is 12.5. The average molecular weight is 478 g/mol. The number of ether oxygens (including phenoxy) is 1. The van der Waals surface area contributed by atoms with E-state index >= 15 is 0 Å². The van der Waals surface area contributed by atoms with Gasteiger partial charge in [-0.2, -0.15) is 0 Å². The summed E-state index contributed by atoms with van der Waals surface area (Å²) in [4.78, 5) is 17.1. The van der Waals surface area contributed by atoms with Crippen LogP contribution >= 0.6 is 0 Å². The van der Waals surface area contributed by atoms with Crippen molar-refractivity contribution in [2.45, 2.75) is 57.8 Å². The minimum Gasteiger partial charge on any atom is -0.457 e. The van der Waals surface area contributed by atoms with Crippen molar-refractivity contribution in [1.82, 2.24) is 4.98 Å². The minimum atomic E-state index is -1.26. The molecule has 35 heavy (non-hydrogen) atoms. The van der Waals surface area contributed by atoms with Crippen molar-refractivity contribution < 1.29 is 23.5 Å². The molecule has 1 aliphatic rings. The molecule has 1 unspecified atom stereocenters. The third kappa shape index (κ3) is 6.19. The van der Waals surface area contributed by atoms with Gasteiger partial charge in [-0.1, -0.05) is 79.4 Å². The minimum absolute atomic E-state index is 0.0596. The predicted octanol–water partition coefficient (Wildman–Crippen LogP) is 5.12. The van der Waals surface area contributed by atoms with E-state index in [1.165, 1.54) is 12.0 Å². The monoisotopic (exact) mass is 477 g/mol. The molecule has 0 aliphatic heterocycles. The van der Waals surface area contributed by atoms with Gasteiger partial charge in [0.2, 0.25) is 5.89 Å². The fourth-order valence-electron chi connectivity index (χ4n) is 5.02. The van der Waals surface area contributed by atoms with Gasteiger partial charge in [0.05, 0.1) is 20.3 Å². The van der Waals surface area contributed by atoms with Crippen LogP contribution in [0, 0.1) is 12.8 Å². The normalized spacial score (nSPS) is 16.6. The summed E-state index contributed by atoms with van der Waals surface area (Å²) in [5, 5.41) is 12.0. The van der Waals surface area contributed by atoms with Crippen molar-refractivity contribution in [1.29, 1.82) is 0 Å². The van der Waals surface area contributed by atoms with E-state index in [4.69, 9.17) is 9.15 Å². The van der Waals surface area contributed by atoms with Crippen LogP contribution in [0.3, 0.4) is 0 Å². The number of quaternary nitrogens is 1. The first kappa shape index (κ1) is 25.1. The summed E-state index contributed by atoms with van der Waals surface area (Å²) in [6.07, 6.45) is 6.96. The Morgan fingerprint density at radius 2 is 1.77 bits per heavy atom. The first-order chi connectivity index (χ1) is 16.8. The van der Waals surface area contributed by atoms with Gasteiger partial charge < -0.3 is 18.7 Å². The summed E-state index contributed by atoms with van der Waals surface area (Å²) < 4.78 is 12.0. The van der Waals surface area contributed by atoms with E-state index in [0.717, 1.165) is 36.8 Å². The average Bonchev–Trinajstić information content (AvgIpc) is 3.32. The maximum atomic E-state index is 12.5. The Hall–Kier alpha value is -2.96. The molecule has 0 amide bonds.